The van der Waals surface area contributed by atoms with Gasteiger partial charge in [-0.15, -0.1) is 0 Å². The topological polar surface area (TPSA) is 76.7 Å². The zero-order valence-corrected chi connectivity index (χ0v) is 13.7. The average Bonchev–Trinajstić information content (AvgIpc) is 2.64. The Hall–Kier alpha value is -3.30. The lowest BCUT2D eigenvalue weighted by Crippen LogP contribution is -2.45. The Labute approximate surface area is 151 Å². The van der Waals surface area contributed by atoms with E-state index in [1.165, 1.54) is 18.2 Å². The molecule has 144 valence electrons. The van der Waals surface area contributed by atoms with Crippen LogP contribution in [0, 0.1) is 5.82 Å². The molecule has 0 saturated carbocycles. The summed E-state index contributed by atoms with van der Waals surface area (Å²) in [5.41, 5.74) is 3.15. The maximum absolute atomic E-state index is 12.7. The molecule has 2 amide bonds. The Bertz CT molecular complexity index is 794. The third-order valence-electron chi connectivity index (χ3n) is 3.06. The summed E-state index contributed by atoms with van der Waals surface area (Å²) in [5.74, 6) is -1.84. The molecule has 0 radical (unpaired) electrons. The van der Waals surface area contributed by atoms with Gasteiger partial charge in [0.05, 0.1) is 5.56 Å². The van der Waals surface area contributed by atoms with Crippen LogP contribution in [0.25, 0.3) is 0 Å². The van der Waals surface area contributed by atoms with Crippen molar-refractivity contribution in [2.45, 2.75) is 6.18 Å². The highest BCUT2D eigenvalue weighted by atomic mass is 19.4. The van der Waals surface area contributed by atoms with Crippen molar-refractivity contribution in [3.8, 4) is 11.5 Å². The third kappa shape index (κ3) is 6.84. The van der Waals surface area contributed by atoms with Crippen LogP contribution in [-0.2, 0) is 15.8 Å². The second-order valence-electron chi connectivity index (χ2n) is 5.15. The van der Waals surface area contributed by atoms with Crippen molar-refractivity contribution >= 4 is 11.8 Å². The number of alkyl halides is 3. The van der Waals surface area contributed by atoms with Gasteiger partial charge >= 0.3 is 6.18 Å². The minimum atomic E-state index is -4.53. The first-order valence-electron chi connectivity index (χ1n) is 7.50. The van der Waals surface area contributed by atoms with Gasteiger partial charge in [-0.1, -0.05) is 6.07 Å². The maximum Gasteiger partial charge on any atom is 0.416 e. The molecule has 0 aliphatic heterocycles. The highest BCUT2D eigenvalue weighted by Gasteiger charge is 2.30. The lowest BCUT2D eigenvalue weighted by atomic mass is 10.2. The number of ether oxygens (including phenoxy) is 2. The quantitative estimate of drug-likeness (QED) is 0.591. The van der Waals surface area contributed by atoms with Crippen LogP contribution in [-0.4, -0.2) is 25.0 Å². The van der Waals surface area contributed by atoms with Crippen molar-refractivity contribution in [3.63, 3.8) is 0 Å². The first kappa shape index (κ1) is 20.0. The van der Waals surface area contributed by atoms with Gasteiger partial charge in [-0.2, -0.15) is 13.2 Å². The van der Waals surface area contributed by atoms with Gasteiger partial charge in [0.25, 0.3) is 11.8 Å². The number of rotatable bonds is 6. The molecule has 0 saturated heterocycles. The number of hydrazine groups is 1. The van der Waals surface area contributed by atoms with E-state index < -0.39 is 42.6 Å². The molecule has 2 rings (SSSR count). The number of nitrogens with one attached hydrogen (secondary N) is 2. The SMILES string of the molecule is O=C(COc1ccc(F)cc1)NNC(=O)COc1cccc(C(F)(F)F)c1. The molecule has 2 aromatic rings. The standard InChI is InChI=1S/C17H14F4N2O4/c18-12-4-6-13(7-5-12)26-9-15(24)22-23-16(25)10-27-14-3-1-2-11(8-14)17(19,20)21/h1-8H,9-10H2,(H,22,24)(H,23,25). The third-order valence-corrected chi connectivity index (χ3v) is 3.06. The van der Waals surface area contributed by atoms with E-state index in [1.54, 1.807) is 0 Å². The zero-order valence-electron chi connectivity index (χ0n) is 13.7. The van der Waals surface area contributed by atoms with Gasteiger partial charge in [-0.3, -0.25) is 20.4 Å². The van der Waals surface area contributed by atoms with E-state index in [0.717, 1.165) is 30.3 Å². The van der Waals surface area contributed by atoms with Crippen LogP contribution >= 0.6 is 0 Å². The van der Waals surface area contributed by atoms with Crippen molar-refractivity contribution in [3.05, 3.63) is 59.9 Å². The summed E-state index contributed by atoms with van der Waals surface area (Å²) in [6.45, 7) is -1.05. The smallest absolute Gasteiger partial charge is 0.416 e. The van der Waals surface area contributed by atoms with E-state index in [0.29, 0.717) is 0 Å². The van der Waals surface area contributed by atoms with Crippen molar-refractivity contribution in [2.75, 3.05) is 13.2 Å². The molecule has 0 heterocycles. The first-order valence-corrected chi connectivity index (χ1v) is 7.50. The molecule has 0 spiro atoms. The monoisotopic (exact) mass is 386 g/mol. The Morgan fingerprint density at radius 1 is 0.852 bits per heavy atom. The van der Waals surface area contributed by atoms with E-state index in [9.17, 15) is 27.2 Å². The van der Waals surface area contributed by atoms with Crippen LogP contribution in [0.2, 0.25) is 0 Å². The van der Waals surface area contributed by atoms with Crippen LogP contribution in [0.15, 0.2) is 48.5 Å². The van der Waals surface area contributed by atoms with Crippen molar-refractivity contribution in [1.82, 2.24) is 10.9 Å². The van der Waals surface area contributed by atoms with Gasteiger partial charge in [-0.25, -0.2) is 4.39 Å². The summed E-state index contributed by atoms with van der Waals surface area (Å²) in [5, 5.41) is 0. The zero-order chi connectivity index (χ0) is 19.9. The molecular formula is C17H14F4N2O4. The first-order chi connectivity index (χ1) is 12.7. The molecule has 10 heteroatoms. The van der Waals surface area contributed by atoms with Crippen LogP contribution in [0.3, 0.4) is 0 Å². The van der Waals surface area contributed by atoms with Crippen molar-refractivity contribution < 1.29 is 36.6 Å². The maximum atomic E-state index is 12.7. The summed E-state index contributed by atoms with van der Waals surface area (Å²) in [6.07, 6.45) is -4.53. The Morgan fingerprint density at radius 2 is 1.41 bits per heavy atom. The average molecular weight is 386 g/mol. The van der Waals surface area contributed by atoms with Crippen molar-refractivity contribution in [2.24, 2.45) is 0 Å². The normalized spacial score (nSPS) is 10.8. The van der Waals surface area contributed by atoms with Crippen LogP contribution in [0.4, 0.5) is 17.6 Å². The molecule has 2 N–H and O–H groups in total. The number of halogens is 4. The van der Waals surface area contributed by atoms with Gasteiger partial charge in [0.2, 0.25) is 0 Å². The molecule has 27 heavy (non-hydrogen) atoms. The molecular weight excluding hydrogens is 372 g/mol. The molecule has 2 aromatic carbocycles. The number of hydrogen-bond donors (Lipinski definition) is 2. The molecule has 0 fully saturated rings. The highest BCUT2D eigenvalue weighted by Crippen LogP contribution is 2.31. The molecule has 0 aliphatic carbocycles. The molecule has 0 bridgehead atoms. The Morgan fingerprint density at radius 3 is 1.96 bits per heavy atom. The molecule has 0 atom stereocenters. The number of carbonyl (C=O) groups is 2. The summed E-state index contributed by atoms with van der Waals surface area (Å²) in [6, 6.07) is 8.98. The van der Waals surface area contributed by atoms with E-state index in [-0.39, 0.29) is 11.5 Å². The minimum absolute atomic E-state index is 0.147. The summed E-state index contributed by atoms with van der Waals surface area (Å²) >= 11 is 0. The Kier molecular flexibility index (Phi) is 6.58. The molecule has 0 aromatic heterocycles. The van der Waals surface area contributed by atoms with Gasteiger partial charge in [0.15, 0.2) is 13.2 Å². The fraction of sp³-hybridized carbons (Fsp3) is 0.176. The summed E-state index contributed by atoms with van der Waals surface area (Å²) in [7, 11) is 0. The molecule has 6 nitrogen and oxygen atoms in total. The molecule has 0 aliphatic rings. The van der Waals surface area contributed by atoms with E-state index in [1.807, 2.05) is 10.9 Å². The van der Waals surface area contributed by atoms with Gasteiger partial charge in [0, 0.05) is 0 Å². The predicted octanol–water partition coefficient (Wildman–Crippen LogP) is 2.45. The number of amides is 2. The fourth-order valence-corrected chi connectivity index (χ4v) is 1.80. The van der Waals surface area contributed by atoms with Gasteiger partial charge in [-0.05, 0) is 42.5 Å². The number of benzene rings is 2. The number of hydrogen-bond acceptors (Lipinski definition) is 4. The largest absolute Gasteiger partial charge is 0.484 e. The highest BCUT2D eigenvalue weighted by molar-refractivity contribution is 5.83. The molecule has 0 unspecified atom stereocenters. The minimum Gasteiger partial charge on any atom is -0.484 e. The lowest BCUT2D eigenvalue weighted by Gasteiger charge is -2.11. The fourth-order valence-electron chi connectivity index (χ4n) is 1.80. The second kappa shape index (κ2) is 8.88. The van der Waals surface area contributed by atoms with Crippen LogP contribution < -0.4 is 20.3 Å². The predicted molar refractivity (Wildman–Crippen MR) is 85.1 cm³/mol. The second-order valence-corrected chi connectivity index (χ2v) is 5.15. The van der Waals surface area contributed by atoms with E-state index in [2.05, 4.69) is 0 Å². The van der Waals surface area contributed by atoms with E-state index in [4.69, 9.17) is 9.47 Å². The van der Waals surface area contributed by atoms with Crippen LogP contribution in [0.5, 0.6) is 11.5 Å². The Balaban J connectivity index is 1.71. The summed E-state index contributed by atoms with van der Waals surface area (Å²) in [4.78, 5) is 23.1. The number of carbonyl (C=O) groups excluding carboxylic acids is 2. The van der Waals surface area contributed by atoms with Crippen molar-refractivity contribution in [1.29, 1.82) is 0 Å². The van der Waals surface area contributed by atoms with Gasteiger partial charge < -0.3 is 9.47 Å². The van der Waals surface area contributed by atoms with E-state index >= 15 is 0 Å². The van der Waals surface area contributed by atoms with Gasteiger partial charge in [0.1, 0.15) is 17.3 Å². The van der Waals surface area contributed by atoms with Crippen LogP contribution in [0.1, 0.15) is 5.56 Å². The summed E-state index contributed by atoms with van der Waals surface area (Å²) < 4.78 is 60.5. The lowest BCUT2D eigenvalue weighted by molar-refractivity contribution is -0.137.